The first kappa shape index (κ1) is 19.6. The molecule has 0 spiro atoms. The minimum absolute atomic E-state index is 0.348. The quantitative estimate of drug-likeness (QED) is 0.496. The van der Waals surface area contributed by atoms with E-state index in [9.17, 15) is 20.1 Å². The standard InChI is InChI=1S/C19H28O4/c1-4-13(2)9-7-5-6-8-10-15-11-12-16(21)19(23)17(15)18(22)14(3)20/h5-17,19-21,23H,4H2,1-3H3/b6-5+,9-7+,10-8+/t13?,14?,15-,16-,17-,19+/m0/s1. The molecule has 0 saturated carbocycles. The van der Waals surface area contributed by atoms with E-state index in [0.29, 0.717) is 5.92 Å². The Morgan fingerprint density at radius 1 is 1.13 bits per heavy atom. The molecule has 0 aliphatic heterocycles. The fraction of sp³-hybridized carbons (Fsp3) is 0.526. The zero-order valence-electron chi connectivity index (χ0n) is 14.0. The molecule has 0 heterocycles. The summed E-state index contributed by atoms with van der Waals surface area (Å²) in [5.41, 5.74) is 0. The van der Waals surface area contributed by atoms with Gasteiger partial charge in [0.25, 0.3) is 0 Å². The number of carbonyl (C=O) groups is 1. The predicted molar refractivity (Wildman–Crippen MR) is 91.7 cm³/mol. The molecule has 0 aromatic heterocycles. The number of Topliss-reactive ketones (excluding diaryl/α,β-unsaturated/α-hetero) is 1. The van der Waals surface area contributed by atoms with E-state index in [4.69, 9.17) is 0 Å². The summed E-state index contributed by atoms with van der Waals surface area (Å²) in [6, 6.07) is 0. The smallest absolute Gasteiger partial charge is 0.167 e. The number of hydrogen-bond donors (Lipinski definition) is 3. The number of rotatable bonds is 7. The van der Waals surface area contributed by atoms with Crippen molar-refractivity contribution in [1.29, 1.82) is 0 Å². The molecule has 1 aliphatic rings. The van der Waals surface area contributed by atoms with Gasteiger partial charge < -0.3 is 15.3 Å². The lowest BCUT2D eigenvalue weighted by Gasteiger charge is -2.32. The van der Waals surface area contributed by atoms with Crippen LogP contribution in [0, 0.1) is 17.8 Å². The van der Waals surface area contributed by atoms with Gasteiger partial charge in [-0.25, -0.2) is 0 Å². The molecule has 4 heteroatoms. The Bertz CT molecular complexity index is 488. The van der Waals surface area contributed by atoms with Crippen LogP contribution in [-0.2, 0) is 4.79 Å². The van der Waals surface area contributed by atoms with Crippen LogP contribution in [0.3, 0.4) is 0 Å². The topological polar surface area (TPSA) is 77.8 Å². The van der Waals surface area contributed by atoms with Crippen LogP contribution in [-0.4, -0.2) is 39.4 Å². The van der Waals surface area contributed by atoms with Gasteiger partial charge in [-0.3, -0.25) is 4.79 Å². The molecule has 0 bridgehead atoms. The number of allylic oxidation sites excluding steroid dienone is 7. The van der Waals surface area contributed by atoms with Gasteiger partial charge in [-0.05, 0) is 12.8 Å². The molecule has 128 valence electrons. The van der Waals surface area contributed by atoms with E-state index in [-0.39, 0.29) is 5.92 Å². The molecule has 1 aliphatic carbocycles. The van der Waals surface area contributed by atoms with Crippen molar-refractivity contribution < 1.29 is 20.1 Å². The van der Waals surface area contributed by atoms with Crippen LogP contribution in [0.15, 0.2) is 48.6 Å². The second kappa shape index (κ2) is 9.60. The van der Waals surface area contributed by atoms with Gasteiger partial charge in [0, 0.05) is 5.92 Å². The second-order valence-corrected chi connectivity index (χ2v) is 6.09. The first-order valence-corrected chi connectivity index (χ1v) is 8.16. The summed E-state index contributed by atoms with van der Waals surface area (Å²) in [6.07, 6.45) is 12.3. The van der Waals surface area contributed by atoms with E-state index in [1.807, 2.05) is 24.3 Å². The summed E-state index contributed by atoms with van der Waals surface area (Å²) >= 11 is 0. The van der Waals surface area contributed by atoms with Gasteiger partial charge in [-0.1, -0.05) is 68.9 Å². The Kier molecular flexibility index (Phi) is 8.17. The highest BCUT2D eigenvalue weighted by molar-refractivity contribution is 5.86. The van der Waals surface area contributed by atoms with Gasteiger partial charge in [-0.15, -0.1) is 0 Å². The molecule has 0 saturated heterocycles. The van der Waals surface area contributed by atoms with Crippen LogP contribution in [0.25, 0.3) is 0 Å². The number of aliphatic hydroxyl groups is 3. The maximum atomic E-state index is 12.1. The molecule has 6 atom stereocenters. The van der Waals surface area contributed by atoms with Crippen LogP contribution in [0.2, 0.25) is 0 Å². The van der Waals surface area contributed by atoms with Crippen molar-refractivity contribution in [2.24, 2.45) is 17.8 Å². The number of carbonyl (C=O) groups excluding carboxylic acids is 1. The number of hydrogen-bond acceptors (Lipinski definition) is 4. The summed E-state index contributed by atoms with van der Waals surface area (Å²) in [6.45, 7) is 5.65. The van der Waals surface area contributed by atoms with Crippen LogP contribution < -0.4 is 0 Å². The zero-order valence-corrected chi connectivity index (χ0v) is 14.0. The van der Waals surface area contributed by atoms with Gasteiger partial charge in [-0.2, -0.15) is 0 Å². The summed E-state index contributed by atoms with van der Waals surface area (Å²) in [5.74, 6) is -1.11. The molecule has 2 unspecified atom stereocenters. The molecule has 0 amide bonds. The van der Waals surface area contributed by atoms with Crippen molar-refractivity contribution in [3.8, 4) is 0 Å². The zero-order chi connectivity index (χ0) is 17.4. The minimum atomic E-state index is -1.20. The van der Waals surface area contributed by atoms with E-state index in [1.54, 1.807) is 12.2 Å². The Labute approximate surface area is 138 Å². The average Bonchev–Trinajstić information content (AvgIpc) is 2.53. The van der Waals surface area contributed by atoms with Crippen molar-refractivity contribution in [1.82, 2.24) is 0 Å². The fourth-order valence-electron chi connectivity index (χ4n) is 2.45. The predicted octanol–water partition coefficient (Wildman–Crippen LogP) is 2.18. The van der Waals surface area contributed by atoms with Crippen LogP contribution in [0.5, 0.6) is 0 Å². The fourth-order valence-corrected chi connectivity index (χ4v) is 2.45. The Morgan fingerprint density at radius 2 is 1.78 bits per heavy atom. The van der Waals surface area contributed by atoms with E-state index in [0.717, 1.165) is 6.42 Å². The van der Waals surface area contributed by atoms with Crippen LogP contribution >= 0.6 is 0 Å². The molecule has 4 nitrogen and oxygen atoms in total. The van der Waals surface area contributed by atoms with Gasteiger partial charge in [0.2, 0.25) is 0 Å². The molecule has 0 radical (unpaired) electrons. The molecule has 0 aromatic carbocycles. The first-order valence-electron chi connectivity index (χ1n) is 8.16. The Hall–Kier alpha value is -1.49. The van der Waals surface area contributed by atoms with E-state index in [2.05, 4.69) is 19.9 Å². The Morgan fingerprint density at radius 3 is 2.39 bits per heavy atom. The van der Waals surface area contributed by atoms with Gasteiger partial charge in [0.05, 0.1) is 18.1 Å². The van der Waals surface area contributed by atoms with Gasteiger partial charge >= 0.3 is 0 Å². The van der Waals surface area contributed by atoms with Gasteiger partial charge in [0.15, 0.2) is 5.78 Å². The van der Waals surface area contributed by atoms with E-state index in [1.165, 1.54) is 13.0 Å². The third kappa shape index (κ3) is 5.90. The Balaban J connectivity index is 2.77. The largest absolute Gasteiger partial charge is 0.389 e. The molecule has 23 heavy (non-hydrogen) atoms. The minimum Gasteiger partial charge on any atom is -0.389 e. The van der Waals surface area contributed by atoms with Crippen molar-refractivity contribution in [3.05, 3.63) is 48.6 Å². The van der Waals surface area contributed by atoms with E-state index < -0.39 is 30.0 Å². The normalized spacial score (nSPS) is 31.2. The maximum absolute atomic E-state index is 12.1. The molecule has 1 rings (SSSR count). The summed E-state index contributed by atoms with van der Waals surface area (Å²) in [4.78, 5) is 12.1. The maximum Gasteiger partial charge on any atom is 0.167 e. The van der Waals surface area contributed by atoms with Crippen molar-refractivity contribution in [3.63, 3.8) is 0 Å². The lowest BCUT2D eigenvalue weighted by Crippen LogP contribution is -2.46. The third-order valence-electron chi connectivity index (χ3n) is 4.15. The number of ketones is 1. The third-order valence-corrected chi connectivity index (χ3v) is 4.15. The monoisotopic (exact) mass is 320 g/mol. The average molecular weight is 320 g/mol. The van der Waals surface area contributed by atoms with Crippen molar-refractivity contribution in [2.45, 2.75) is 45.5 Å². The second-order valence-electron chi connectivity index (χ2n) is 6.09. The lowest BCUT2D eigenvalue weighted by molar-refractivity contribution is -0.138. The van der Waals surface area contributed by atoms with Crippen LogP contribution in [0.4, 0.5) is 0 Å². The first-order chi connectivity index (χ1) is 10.9. The molecule has 3 N–H and O–H groups in total. The molecular weight excluding hydrogens is 292 g/mol. The van der Waals surface area contributed by atoms with Crippen molar-refractivity contribution >= 4 is 5.78 Å². The summed E-state index contributed by atoms with van der Waals surface area (Å²) in [5, 5.41) is 29.3. The summed E-state index contributed by atoms with van der Waals surface area (Å²) in [7, 11) is 0. The molecular formula is C19H28O4. The lowest BCUT2D eigenvalue weighted by atomic mass is 9.76. The number of aliphatic hydroxyl groups excluding tert-OH is 3. The van der Waals surface area contributed by atoms with E-state index >= 15 is 0 Å². The van der Waals surface area contributed by atoms with Crippen LogP contribution in [0.1, 0.15) is 27.2 Å². The highest BCUT2D eigenvalue weighted by Crippen LogP contribution is 2.28. The van der Waals surface area contributed by atoms with Crippen molar-refractivity contribution in [2.75, 3.05) is 0 Å². The molecule has 0 aromatic rings. The summed E-state index contributed by atoms with van der Waals surface area (Å²) < 4.78 is 0. The highest BCUT2D eigenvalue weighted by Gasteiger charge is 2.39. The molecule has 0 fully saturated rings. The highest BCUT2D eigenvalue weighted by atomic mass is 16.3. The van der Waals surface area contributed by atoms with Gasteiger partial charge in [0.1, 0.15) is 6.10 Å². The SMILES string of the molecule is CCC(C)/C=C/C=C/C=C/[C@H]1C=C[C@H](O)[C@@H](O)[C@@H]1C(=O)C(C)O.